The highest BCUT2D eigenvalue weighted by molar-refractivity contribution is 5.79. The van der Waals surface area contributed by atoms with Gasteiger partial charge in [-0.15, -0.1) is 0 Å². The van der Waals surface area contributed by atoms with Gasteiger partial charge >= 0.3 is 12.1 Å². The first-order valence-corrected chi connectivity index (χ1v) is 8.39. The Morgan fingerprint density at radius 3 is 2.54 bits per heavy atom. The highest BCUT2D eigenvalue weighted by Crippen LogP contribution is 2.17. The number of anilines is 1. The summed E-state index contributed by atoms with van der Waals surface area (Å²) in [5.41, 5.74) is 0.128. The number of nitrogens with zero attached hydrogens (tertiary/aromatic N) is 4. The second-order valence-electron chi connectivity index (χ2n) is 5.89. The van der Waals surface area contributed by atoms with Gasteiger partial charge in [0.05, 0.1) is 17.5 Å². The monoisotopic (exact) mass is 360 g/mol. The molecule has 2 aromatic rings. The molecule has 26 heavy (non-hydrogen) atoms. The van der Waals surface area contributed by atoms with Crippen LogP contribution in [0.4, 0.5) is 10.7 Å². The molecular formula is C17H20N4O5. The Morgan fingerprint density at radius 1 is 1.19 bits per heavy atom. The van der Waals surface area contributed by atoms with Gasteiger partial charge in [-0.3, -0.25) is 14.2 Å². The molecule has 3 rings (SSSR count). The lowest BCUT2D eigenvalue weighted by atomic mass is 10.2. The van der Waals surface area contributed by atoms with E-state index in [9.17, 15) is 19.5 Å². The van der Waals surface area contributed by atoms with Crippen LogP contribution in [0.2, 0.25) is 0 Å². The molecule has 9 nitrogen and oxygen atoms in total. The van der Waals surface area contributed by atoms with Crippen LogP contribution in [0.5, 0.6) is 0 Å². The number of carboxylic acid groups (broad SMARTS) is 1. The predicted molar refractivity (Wildman–Crippen MR) is 94.4 cm³/mol. The van der Waals surface area contributed by atoms with Crippen LogP contribution in [-0.4, -0.2) is 64.4 Å². The summed E-state index contributed by atoms with van der Waals surface area (Å²) < 4.78 is 6.17. The quantitative estimate of drug-likeness (QED) is 0.858. The molecule has 1 aliphatic heterocycles. The number of aromatic nitrogens is 2. The van der Waals surface area contributed by atoms with E-state index in [1.165, 1.54) is 4.57 Å². The Morgan fingerprint density at radius 2 is 1.88 bits per heavy atom. The number of rotatable bonds is 4. The van der Waals surface area contributed by atoms with E-state index < -0.39 is 12.5 Å². The molecule has 138 valence electrons. The molecule has 1 aromatic carbocycles. The van der Waals surface area contributed by atoms with Gasteiger partial charge in [-0.25, -0.2) is 9.78 Å². The maximum Gasteiger partial charge on any atom is 0.409 e. The topological polar surface area (TPSA) is 105 Å². The van der Waals surface area contributed by atoms with Crippen molar-refractivity contribution >= 4 is 28.9 Å². The highest BCUT2D eigenvalue weighted by atomic mass is 16.6. The van der Waals surface area contributed by atoms with Crippen LogP contribution in [0.15, 0.2) is 29.1 Å². The van der Waals surface area contributed by atoms with E-state index >= 15 is 0 Å². The Kier molecular flexibility index (Phi) is 5.06. The van der Waals surface area contributed by atoms with Crippen LogP contribution in [-0.2, 0) is 16.1 Å². The van der Waals surface area contributed by atoms with Crippen LogP contribution in [0, 0.1) is 0 Å². The van der Waals surface area contributed by atoms with Crippen LogP contribution in [0.25, 0.3) is 10.9 Å². The van der Waals surface area contributed by atoms with E-state index in [1.807, 2.05) is 4.90 Å². The molecule has 2 heterocycles. The average molecular weight is 360 g/mol. The minimum Gasteiger partial charge on any atom is -0.480 e. The molecule has 1 aliphatic rings. The number of aliphatic carboxylic acids is 1. The SMILES string of the molecule is CCOC(=O)N1CCN(c2nc3ccccc3c(=O)n2CC(=O)O)CC1. The Bertz CT molecular complexity index is 886. The molecule has 0 aliphatic carbocycles. The maximum atomic E-state index is 12.7. The predicted octanol–water partition coefficient (Wildman–Crippen LogP) is 0.760. The fraction of sp³-hybridized carbons (Fsp3) is 0.412. The van der Waals surface area contributed by atoms with Crippen molar-refractivity contribution in [2.24, 2.45) is 0 Å². The number of carbonyl (C=O) groups excluding carboxylic acids is 1. The van der Waals surface area contributed by atoms with E-state index in [1.54, 1.807) is 36.1 Å². The number of hydrogen-bond donors (Lipinski definition) is 1. The van der Waals surface area contributed by atoms with Gasteiger partial charge in [-0.1, -0.05) is 12.1 Å². The highest BCUT2D eigenvalue weighted by Gasteiger charge is 2.25. The van der Waals surface area contributed by atoms with Gasteiger partial charge in [-0.2, -0.15) is 0 Å². The molecule has 1 N–H and O–H groups in total. The molecule has 1 fully saturated rings. The number of ether oxygens (including phenoxy) is 1. The van der Waals surface area contributed by atoms with E-state index in [4.69, 9.17) is 4.74 Å². The summed E-state index contributed by atoms with van der Waals surface area (Å²) in [5.74, 6) is -0.810. The zero-order valence-corrected chi connectivity index (χ0v) is 14.4. The van der Waals surface area contributed by atoms with Crippen molar-refractivity contribution in [1.29, 1.82) is 0 Å². The smallest absolute Gasteiger partial charge is 0.409 e. The number of amides is 1. The summed E-state index contributed by atoms with van der Waals surface area (Å²) in [6.07, 6.45) is -0.374. The van der Waals surface area contributed by atoms with E-state index in [-0.39, 0.29) is 11.7 Å². The first-order valence-electron chi connectivity index (χ1n) is 8.39. The molecule has 1 amide bonds. The summed E-state index contributed by atoms with van der Waals surface area (Å²) in [6.45, 7) is 3.28. The standard InChI is InChI=1S/C17H20N4O5/c1-2-26-17(25)20-9-7-19(8-10-20)16-18-13-6-4-3-5-12(13)15(24)21(16)11-14(22)23/h3-6H,2,7-11H2,1H3,(H,22,23). The molecule has 0 saturated carbocycles. The molecule has 0 radical (unpaired) electrons. The van der Waals surface area contributed by atoms with Crippen LogP contribution in [0.1, 0.15) is 6.92 Å². The lowest BCUT2D eigenvalue weighted by Crippen LogP contribution is -2.50. The number of hydrogen-bond acceptors (Lipinski definition) is 6. The molecule has 0 bridgehead atoms. The number of carbonyl (C=O) groups is 2. The summed E-state index contributed by atoms with van der Waals surface area (Å²) in [6, 6.07) is 6.85. The second kappa shape index (κ2) is 7.42. The van der Waals surface area contributed by atoms with Crippen molar-refractivity contribution in [3.63, 3.8) is 0 Å². The van der Waals surface area contributed by atoms with E-state index in [0.29, 0.717) is 49.6 Å². The summed E-state index contributed by atoms with van der Waals surface area (Å²) >= 11 is 0. The third-order valence-electron chi connectivity index (χ3n) is 4.22. The Hall–Kier alpha value is -3.10. The molecule has 1 saturated heterocycles. The summed E-state index contributed by atoms with van der Waals surface area (Å²) in [7, 11) is 0. The lowest BCUT2D eigenvalue weighted by Gasteiger charge is -2.35. The van der Waals surface area contributed by atoms with Gasteiger partial charge in [0.25, 0.3) is 5.56 Å². The summed E-state index contributed by atoms with van der Waals surface area (Å²) in [5, 5.41) is 9.56. The number of fused-ring (bicyclic) bond motifs is 1. The van der Waals surface area contributed by atoms with Crippen molar-refractivity contribution in [1.82, 2.24) is 14.5 Å². The molecule has 0 unspecified atom stereocenters. The minimum atomic E-state index is -1.12. The Balaban J connectivity index is 1.93. The number of piperazine rings is 1. The normalized spacial score (nSPS) is 14.5. The van der Waals surface area contributed by atoms with Crippen LogP contribution >= 0.6 is 0 Å². The molecular weight excluding hydrogens is 340 g/mol. The molecule has 0 spiro atoms. The van der Waals surface area contributed by atoms with Crippen LogP contribution < -0.4 is 10.5 Å². The third kappa shape index (κ3) is 3.46. The van der Waals surface area contributed by atoms with Crippen molar-refractivity contribution in [3.05, 3.63) is 34.6 Å². The van der Waals surface area contributed by atoms with Crippen molar-refractivity contribution in [2.45, 2.75) is 13.5 Å². The fourth-order valence-corrected chi connectivity index (χ4v) is 2.98. The summed E-state index contributed by atoms with van der Waals surface area (Å²) in [4.78, 5) is 43.7. The Labute approximate surface area is 149 Å². The van der Waals surface area contributed by atoms with Gasteiger partial charge < -0.3 is 19.6 Å². The molecule has 0 atom stereocenters. The molecule has 9 heteroatoms. The van der Waals surface area contributed by atoms with E-state index in [0.717, 1.165) is 0 Å². The van der Waals surface area contributed by atoms with Crippen LogP contribution in [0.3, 0.4) is 0 Å². The number of para-hydroxylation sites is 1. The van der Waals surface area contributed by atoms with Gasteiger partial charge in [0.1, 0.15) is 6.54 Å². The zero-order valence-electron chi connectivity index (χ0n) is 14.4. The van der Waals surface area contributed by atoms with Crippen molar-refractivity contribution < 1.29 is 19.4 Å². The van der Waals surface area contributed by atoms with Crippen molar-refractivity contribution in [2.75, 3.05) is 37.7 Å². The fourth-order valence-electron chi connectivity index (χ4n) is 2.98. The second-order valence-corrected chi connectivity index (χ2v) is 5.89. The van der Waals surface area contributed by atoms with Gasteiger partial charge in [0, 0.05) is 26.2 Å². The number of carboxylic acids is 1. The van der Waals surface area contributed by atoms with Gasteiger partial charge in [0.2, 0.25) is 5.95 Å². The average Bonchev–Trinajstić information content (AvgIpc) is 2.64. The third-order valence-corrected chi connectivity index (χ3v) is 4.22. The van der Waals surface area contributed by atoms with Crippen molar-refractivity contribution in [3.8, 4) is 0 Å². The lowest BCUT2D eigenvalue weighted by molar-refractivity contribution is -0.137. The first-order chi connectivity index (χ1) is 12.5. The van der Waals surface area contributed by atoms with Gasteiger partial charge in [0.15, 0.2) is 0 Å². The molecule has 1 aromatic heterocycles. The first kappa shape index (κ1) is 17.7. The largest absolute Gasteiger partial charge is 0.480 e. The zero-order chi connectivity index (χ0) is 18.7. The minimum absolute atomic E-state index is 0.305. The van der Waals surface area contributed by atoms with E-state index in [2.05, 4.69) is 4.98 Å². The number of benzene rings is 1. The van der Waals surface area contributed by atoms with Gasteiger partial charge in [-0.05, 0) is 19.1 Å². The maximum absolute atomic E-state index is 12.7.